The molecule has 0 spiro atoms. The summed E-state index contributed by atoms with van der Waals surface area (Å²) in [6.45, 7) is 4.02. The van der Waals surface area contributed by atoms with Gasteiger partial charge in [-0.25, -0.2) is 0 Å². The molecule has 0 aliphatic carbocycles. The zero-order valence-electron chi connectivity index (χ0n) is 8.28. The van der Waals surface area contributed by atoms with Crippen molar-refractivity contribution >= 4 is 0 Å². The molecule has 0 N–H and O–H groups in total. The summed E-state index contributed by atoms with van der Waals surface area (Å²) in [4.78, 5) is 2.55. The first-order valence-electron chi connectivity index (χ1n) is 5.32. The van der Waals surface area contributed by atoms with E-state index >= 15 is 0 Å². The molecule has 2 heterocycles. The Balaban J connectivity index is 1.91. The number of nitrogens with zero attached hydrogens (tertiary/aromatic N) is 1. The number of fused-ring (bicyclic) bond motifs is 2. The second kappa shape index (κ2) is 3.37. The van der Waals surface area contributed by atoms with Crippen molar-refractivity contribution in [3.8, 4) is 0 Å². The van der Waals surface area contributed by atoms with E-state index in [1.807, 2.05) is 0 Å². The summed E-state index contributed by atoms with van der Waals surface area (Å²) in [6, 6.07) is 9.40. The monoisotopic (exact) mass is 189 g/mol. The second-order valence-corrected chi connectivity index (χ2v) is 4.17. The molecule has 2 aliphatic heterocycles. The molecule has 0 aromatic heterocycles. The molecule has 0 bridgehead atoms. The first-order chi connectivity index (χ1) is 6.93. The SMILES string of the molecule is c1ccc2c(c1)CC1COCCN1C2. The maximum atomic E-state index is 5.51. The predicted octanol–water partition coefficient (Wildman–Crippen LogP) is 1.44. The highest BCUT2D eigenvalue weighted by atomic mass is 16.5. The highest BCUT2D eigenvalue weighted by Crippen LogP contribution is 2.24. The molecule has 1 unspecified atom stereocenters. The Hall–Kier alpha value is -0.860. The van der Waals surface area contributed by atoms with Crippen molar-refractivity contribution in [1.29, 1.82) is 0 Å². The van der Waals surface area contributed by atoms with Gasteiger partial charge in [-0.15, -0.1) is 0 Å². The Kier molecular flexibility index (Phi) is 2.03. The van der Waals surface area contributed by atoms with Crippen LogP contribution < -0.4 is 0 Å². The van der Waals surface area contributed by atoms with Gasteiger partial charge in [-0.1, -0.05) is 24.3 Å². The van der Waals surface area contributed by atoms with E-state index in [4.69, 9.17) is 4.74 Å². The summed E-state index contributed by atoms with van der Waals surface area (Å²) in [5.74, 6) is 0. The zero-order chi connectivity index (χ0) is 9.38. The standard InChI is InChI=1S/C12H15NO/c1-2-4-11-8-13-5-6-14-9-12(13)7-10(11)3-1/h1-4,12H,5-9H2. The molecule has 0 amide bonds. The molecule has 1 saturated heterocycles. The highest BCUT2D eigenvalue weighted by molar-refractivity contribution is 5.30. The van der Waals surface area contributed by atoms with Gasteiger partial charge in [0.1, 0.15) is 0 Å². The van der Waals surface area contributed by atoms with E-state index in [0.29, 0.717) is 6.04 Å². The molecular formula is C12H15NO. The van der Waals surface area contributed by atoms with E-state index in [2.05, 4.69) is 29.2 Å². The summed E-state index contributed by atoms with van der Waals surface area (Å²) < 4.78 is 5.51. The van der Waals surface area contributed by atoms with Gasteiger partial charge in [0.2, 0.25) is 0 Å². The zero-order valence-corrected chi connectivity index (χ0v) is 8.28. The van der Waals surface area contributed by atoms with Gasteiger partial charge in [0, 0.05) is 19.1 Å². The van der Waals surface area contributed by atoms with Crippen LogP contribution in [0.5, 0.6) is 0 Å². The Labute approximate surface area is 84.5 Å². The topological polar surface area (TPSA) is 12.5 Å². The molecule has 2 aliphatic rings. The fraction of sp³-hybridized carbons (Fsp3) is 0.500. The van der Waals surface area contributed by atoms with Crippen LogP contribution in [0.25, 0.3) is 0 Å². The van der Waals surface area contributed by atoms with Gasteiger partial charge in [-0.2, -0.15) is 0 Å². The van der Waals surface area contributed by atoms with Crippen LogP contribution in [0.15, 0.2) is 24.3 Å². The van der Waals surface area contributed by atoms with Crippen LogP contribution in [0.4, 0.5) is 0 Å². The summed E-state index contributed by atoms with van der Waals surface area (Å²) >= 11 is 0. The molecule has 0 saturated carbocycles. The van der Waals surface area contributed by atoms with Gasteiger partial charge in [-0.05, 0) is 17.5 Å². The quantitative estimate of drug-likeness (QED) is 0.612. The van der Waals surface area contributed by atoms with Crippen molar-refractivity contribution in [2.75, 3.05) is 19.8 Å². The third kappa shape index (κ3) is 1.35. The van der Waals surface area contributed by atoms with Crippen molar-refractivity contribution in [3.63, 3.8) is 0 Å². The van der Waals surface area contributed by atoms with Crippen molar-refractivity contribution in [2.45, 2.75) is 19.0 Å². The van der Waals surface area contributed by atoms with Crippen molar-refractivity contribution in [1.82, 2.24) is 4.90 Å². The lowest BCUT2D eigenvalue weighted by Crippen LogP contribution is -2.48. The smallest absolute Gasteiger partial charge is 0.0625 e. The minimum absolute atomic E-state index is 0.624. The molecule has 3 rings (SSSR count). The van der Waals surface area contributed by atoms with Crippen LogP contribution in [-0.2, 0) is 17.7 Å². The van der Waals surface area contributed by atoms with E-state index in [1.54, 1.807) is 0 Å². The number of ether oxygens (including phenoxy) is 1. The molecule has 2 nitrogen and oxygen atoms in total. The fourth-order valence-corrected chi connectivity index (χ4v) is 2.47. The molecule has 2 heteroatoms. The summed E-state index contributed by atoms with van der Waals surface area (Å²) in [6.07, 6.45) is 1.16. The lowest BCUT2D eigenvalue weighted by atomic mass is 9.94. The lowest BCUT2D eigenvalue weighted by molar-refractivity contribution is -0.0163. The van der Waals surface area contributed by atoms with Crippen LogP contribution in [0.2, 0.25) is 0 Å². The summed E-state index contributed by atoms with van der Waals surface area (Å²) in [7, 11) is 0. The van der Waals surface area contributed by atoms with Crippen LogP contribution >= 0.6 is 0 Å². The minimum Gasteiger partial charge on any atom is -0.378 e. The molecule has 1 aromatic rings. The third-order valence-corrected chi connectivity index (χ3v) is 3.30. The van der Waals surface area contributed by atoms with E-state index < -0.39 is 0 Å². The van der Waals surface area contributed by atoms with Crippen molar-refractivity contribution in [3.05, 3.63) is 35.4 Å². The Morgan fingerprint density at radius 1 is 1.21 bits per heavy atom. The van der Waals surface area contributed by atoms with E-state index in [9.17, 15) is 0 Å². The van der Waals surface area contributed by atoms with Gasteiger partial charge >= 0.3 is 0 Å². The molecule has 74 valence electrons. The van der Waals surface area contributed by atoms with Gasteiger partial charge in [-0.3, -0.25) is 4.90 Å². The maximum absolute atomic E-state index is 5.51. The van der Waals surface area contributed by atoms with Gasteiger partial charge in [0.05, 0.1) is 13.2 Å². The Bertz CT molecular complexity index is 304. The third-order valence-electron chi connectivity index (χ3n) is 3.30. The van der Waals surface area contributed by atoms with E-state index in [1.165, 1.54) is 11.1 Å². The number of hydrogen-bond donors (Lipinski definition) is 0. The molecule has 1 aromatic carbocycles. The summed E-state index contributed by atoms with van der Waals surface area (Å²) in [5, 5.41) is 0. The average Bonchev–Trinajstić information content (AvgIpc) is 2.26. The Morgan fingerprint density at radius 3 is 3.00 bits per heavy atom. The van der Waals surface area contributed by atoms with Gasteiger partial charge < -0.3 is 4.74 Å². The normalized spacial score (nSPS) is 26.7. The fourth-order valence-electron chi connectivity index (χ4n) is 2.47. The average molecular weight is 189 g/mol. The summed E-state index contributed by atoms with van der Waals surface area (Å²) in [5.41, 5.74) is 3.02. The molecule has 14 heavy (non-hydrogen) atoms. The number of morpholine rings is 1. The van der Waals surface area contributed by atoms with Crippen LogP contribution in [0.1, 0.15) is 11.1 Å². The number of rotatable bonds is 0. The van der Waals surface area contributed by atoms with Crippen molar-refractivity contribution < 1.29 is 4.74 Å². The minimum atomic E-state index is 0.624. The van der Waals surface area contributed by atoms with Gasteiger partial charge in [0.25, 0.3) is 0 Å². The molecular weight excluding hydrogens is 174 g/mol. The van der Waals surface area contributed by atoms with E-state index in [-0.39, 0.29) is 0 Å². The maximum Gasteiger partial charge on any atom is 0.0625 e. The van der Waals surface area contributed by atoms with E-state index in [0.717, 1.165) is 32.7 Å². The lowest BCUT2D eigenvalue weighted by Gasteiger charge is -2.39. The van der Waals surface area contributed by atoms with Crippen molar-refractivity contribution in [2.24, 2.45) is 0 Å². The first kappa shape index (κ1) is 8.45. The molecule has 1 atom stereocenters. The predicted molar refractivity (Wildman–Crippen MR) is 55.2 cm³/mol. The van der Waals surface area contributed by atoms with Gasteiger partial charge in [0.15, 0.2) is 0 Å². The first-order valence-corrected chi connectivity index (χ1v) is 5.32. The van der Waals surface area contributed by atoms with Crippen LogP contribution in [0.3, 0.4) is 0 Å². The molecule has 1 fully saturated rings. The highest BCUT2D eigenvalue weighted by Gasteiger charge is 2.28. The van der Waals surface area contributed by atoms with Crippen LogP contribution in [0, 0.1) is 0 Å². The molecule has 0 radical (unpaired) electrons. The van der Waals surface area contributed by atoms with Crippen LogP contribution in [-0.4, -0.2) is 30.7 Å². The number of benzene rings is 1. The number of hydrogen-bond acceptors (Lipinski definition) is 2. The largest absolute Gasteiger partial charge is 0.378 e. The second-order valence-electron chi connectivity index (χ2n) is 4.17. The Morgan fingerprint density at radius 2 is 2.07 bits per heavy atom.